The van der Waals surface area contributed by atoms with E-state index in [4.69, 9.17) is 0 Å². The van der Waals surface area contributed by atoms with Gasteiger partial charge in [0.05, 0.1) is 5.69 Å². The van der Waals surface area contributed by atoms with Crippen LogP contribution in [0.2, 0.25) is 0 Å². The van der Waals surface area contributed by atoms with Crippen LogP contribution in [0, 0.1) is 5.82 Å². The predicted molar refractivity (Wildman–Crippen MR) is 62.1 cm³/mol. The monoisotopic (exact) mass is 221 g/mol. The second-order valence-electron chi connectivity index (χ2n) is 4.51. The third-order valence-corrected chi connectivity index (χ3v) is 3.00. The normalized spacial score (nSPS) is 16.2. The lowest BCUT2D eigenvalue weighted by Gasteiger charge is -2.18. The zero-order chi connectivity index (χ0) is 11.7. The van der Waals surface area contributed by atoms with E-state index in [1.807, 2.05) is 0 Å². The Balaban J connectivity index is 2.38. The molecule has 86 valence electrons. The van der Waals surface area contributed by atoms with E-state index in [0.29, 0.717) is 24.6 Å². The first-order valence-electron chi connectivity index (χ1n) is 5.69. The highest BCUT2D eigenvalue weighted by atomic mass is 19.1. The van der Waals surface area contributed by atoms with Crippen molar-refractivity contribution in [2.75, 3.05) is 11.4 Å². The Labute approximate surface area is 95.1 Å². The van der Waals surface area contributed by atoms with Crippen molar-refractivity contribution in [1.82, 2.24) is 0 Å². The quantitative estimate of drug-likeness (QED) is 0.751. The number of halogens is 1. The van der Waals surface area contributed by atoms with Gasteiger partial charge >= 0.3 is 0 Å². The van der Waals surface area contributed by atoms with Crippen molar-refractivity contribution in [1.29, 1.82) is 0 Å². The zero-order valence-electron chi connectivity index (χ0n) is 9.66. The Morgan fingerprint density at radius 1 is 1.38 bits per heavy atom. The highest BCUT2D eigenvalue weighted by Crippen LogP contribution is 2.28. The van der Waals surface area contributed by atoms with Gasteiger partial charge in [0.1, 0.15) is 5.82 Å². The minimum absolute atomic E-state index is 0.0276. The largest absolute Gasteiger partial charge is 0.310 e. The second-order valence-corrected chi connectivity index (χ2v) is 4.51. The summed E-state index contributed by atoms with van der Waals surface area (Å²) in [7, 11) is 0. The average molecular weight is 221 g/mol. The first kappa shape index (κ1) is 11.1. The van der Waals surface area contributed by atoms with E-state index in [1.165, 1.54) is 6.07 Å². The van der Waals surface area contributed by atoms with E-state index in [9.17, 15) is 9.18 Å². The summed E-state index contributed by atoms with van der Waals surface area (Å²) in [5.74, 6) is 0.0662. The summed E-state index contributed by atoms with van der Waals surface area (Å²) in [5.41, 5.74) is 1.50. The number of nitrogens with zero attached hydrogens (tertiary/aromatic N) is 1. The smallest absolute Gasteiger partial charge is 0.227 e. The molecule has 1 aromatic rings. The van der Waals surface area contributed by atoms with E-state index in [1.54, 1.807) is 17.0 Å². The number of benzene rings is 1. The molecule has 1 amide bonds. The summed E-state index contributed by atoms with van der Waals surface area (Å²) in [6, 6.07) is 5.03. The molecule has 0 radical (unpaired) electrons. The summed E-state index contributed by atoms with van der Waals surface area (Å²) in [6.07, 6.45) is 1.36. The van der Waals surface area contributed by atoms with Gasteiger partial charge in [-0.05, 0) is 30.0 Å². The molecule has 3 heteroatoms. The minimum atomic E-state index is -0.306. The molecule has 0 bridgehead atoms. The Kier molecular flexibility index (Phi) is 2.95. The number of anilines is 1. The summed E-state index contributed by atoms with van der Waals surface area (Å²) < 4.78 is 13.7. The van der Waals surface area contributed by atoms with Gasteiger partial charge in [-0.3, -0.25) is 4.79 Å². The zero-order valence-corrected chi connectivity index (χ0v) is 9.66. The van der Waals surface area contributed by atoms with Gasteiger partial charge in [0.15, 0.2) is 0 Å². The number of carbonyl (C=O) groups excluding carboxylic acids is 1. The molecule has 0 aliphatic carbocycles. The molecule has 1 heterocycles. The Bertz CT molecular complexity index is 414. The van der Waals surface area contributed by atoms with Crippen LogP contribution in [0.25, 0.3) is 0 Å². The van der Waals surface area contributed by atoms with E-state index >= 15 is 0 Å². The third kappa shape index (κ3) is 1.94. The van der Waals surface area contributed by atoms with Crippen LogP contribution in [0.5, 0.6) is 0 Å². The molecule has 0 atom stereocenters. The van der Waals surface area contributed by atoms with Gasteiger partial charge in [-0.1, -0.05) is 19.9 Å². The molecule has 0 N–H and O–H groups in total. The Hall–Kier alpha value is -1.38. The average Bonchev–Trinajstić information content (AvgIpc) is 2.65. The van der Waals surface area contributed by atoms with E-state index in [0.717, 1.165) is 12.0 Å². The van der Waals surface area contributed by atoms with Crippen LogP contribution in [0.4, 0.5) is 10.1 Å². The first-order valence-corrected chi connectivity index (χ1v) is 5.69. The first-order chi connectivity index (χ1) is 7.59. The van der Waals surface area contributed by atoms with E-state index < -0.39 is 0 Å². The standard InChI is InChI=1S/C13H16FNO/c1-9(2)10-5-6-11(14)12(8-10)15-7-3-4-13(15)16/h5-6,8-9H,3-4,7H2,1-2H3. The van der Waals surface area contributed by atoms with Crippen molar-refractivity contribution in [2.45, 2.75) is 32.6 Å². The topological polar surface area (TPSA) is 20.3 Å². The number of hydrogen-bond acceptors (Lipinski definition) is 1. The molecule has 1 saturated heterocycles. The van der Waals surface area contributed by atoms with Crippen LogP contribution in [-0.2, 0) is 4.79 Å². The van der Waals surface area contributed by atoms with Crippen LogP contribution >= 0.6 is 0 Å². The SMILES string of the molecule is CC(C)c1ccc(F)c(N2CCCC2=O)c1. The third-order valence-electron chi connectivity index (χ3n) is 3.00. The molecule has 0 saturated carbocycles. The second kappa shape index (κ2) is 4.24. The molecule has 2 nitrogen and oxygen atoms in total. The minimum Gasteiger partial charge on any atom is -0.310 e. The summed E-state index contributed by atoms with van der Waals surface area (Å²) in [4.78, 5) is 13.1. The fraction of sp³-hybridized carbons (Fsp3) is 0.462. The maximum atomic E-state index is 13.7. The van der Waals surface area contributed by atoms with Gasteiger partial charge in [-0.25, -0.2) is 4.39 Å². The Morgan fingerprint density at radius 3 is 2.69 bits per heavy atom. The van der Waals surface area contributed by atoms with Crippen LogP contribution < -0.4 is 4.90 Å². The van der Waals surface area contributed by atoms with Crippen LogP contribution in [0.1, 0.15) is 38.2 Å². The van der Waals surface area contributed by atoms with Crippen molar-refractivity contribution < 1.29 is 9.18 Å². The fourth-order valence-corrected chi connectivity index (χ4v) is 2.00. The van der Waals surface area contributed by atoms with Crippen molar-refractivity contribution in [3.63, 3.8) is 0 Å². The highest BCUT2D eigenvalue weighted by Gasteiger charge is 2.24. The molecule has 16 heavy (non-hydrogen) atoms. The van der Waals surface area contributed by atoms with Crippen LogP contribution in [0.15, 0.2) is 18.2 Å². The lowest BCUT2D eigenvalue weighted by molar-refractivity contribution is -0.117. The van der Waals surface area contributed by atoms with E-state index in [-0.39, 0.29) is 11.7 Å². The predicted octanol–water partition coefficient (Wildman–Crippen LogP) is 3.08. The lowest BCUT2D eigenvalue weighted by Crippen LogP contribution is -2.24. The molecule has 1 aliphatic heterocycles. The van der Waals surface area contributed by atoms with Crippen LogP contribution in [-0.4, -0.2) is 12.5 Å². The molecule has 1 fully saturated rings. The molecule has 1 aromatic carbocycles. The molecule has 2 rings (SSSR count). The maximum absolute atomic E-state index is 13.7. The van der Waals surface area contributed by atoms with Gasteiger partial charge in [0, 0.05) is 13.0 Å². The number of rotatable bonds is 2. The van der Waals surface area contributed by atoms with Crippen LogP contribution in [0.3, 0.4) is 0 Å². The summed E-state index contributed by atoms with van der Waals surface area (Å²) >= 11 is 0. The number of hydrogen-bond donors (Lipinski definition) is 0. The van der Waals surface area contributed by atoms with Gasteiger partial charge in [-0.15, -0.1) is 0 Å². The molecular formula is C13H16FNO. The van der Waals surface area contributed by atoms with Gasteiger partial charge in [0.25, 0.3) is 0 Å². The summed E-state index contributed by atoms with van der Waals surface area (Å²) in [5, 5.41) is 0. The van der Waals surface area contributed by atoms with Gasteiger partial charge < -0.3 is 4.90 Å². The molecule has 0 spiro atoms. The van der Waals surface area contributed by atoms with Gasteiger partial charge in [-0.2, -0.15) is 0 Å². The Morgan fingerprint density at radius 2 is 2.12 bits per heavy atom. The number of amides is 1. The lowest BCUT2D eigenvalue weighted by atomic mass is 10.0. The molecular weight excluding hydrogens is 205 g/mol. The fourth-order valence-electron chi connectivity index (χ4n) is 2.00. The van der Waals surface area contributed by atoms with E-state index in [2.05, 4.69) is 13.8 Å². The number of carbonyl (C=O) groups is 1. The van der Waals surface area contributed by atoms with Gasteiger partial charge in [0.2, 0.25) is 5.91 Å². The van der Waals surface area contributed by atoms with Crippen molar-refractivity contribution >= 4 is 11.6 Å². The molecule has 1 aliphatic rings. The van der Waals surface area contributed by atoms with Crippen molar-refractivity contribution in [3.05, 3.63) is 29.6 Å². The summed E-state index contributed by atoms with van der Waals surface area (Å²) in [6.45, 7) is 4.75. The maximum Gasteiger partial charge on any atom is 0.227 e. The molecule has 0 unspecified atom stereocenters. The van der Waals surface area contributed by atoms with Crippen molar-refractivity contribution in [2.24, 2.45) is 0 Å². The molecule has 0 aromatic heterocycles. The van der Waals surface area contributed by atoms with Crippen molar-refractivity contribution in [3.8, 4) is 0 Å². The highest BCUT2D eigenvalue weighted by molar-refractivity contribution is 5.95.